The summed E-state index contributed by atoms with van der Waals surface area (Å²) in [6.07, 6.45) is 0.985. The highest BCUT2D eigenvalue weighted by atomic mass is 16.5. The van der Waals surface area contributed by atoms with E-state index in [-0.39, 0.29) is 5.92 Å². The van der Waals surface area contributed by atoms with Crippen LogP contribution in [0.1, 0.15) is 39.0 Å². The lowest BCUT2D eigenvalue weighted by Gasteiger charge is -2.24. The summed E-state index contributed by atoms with van der Waals surface area (Å²) in [5.41, 5.74) is 0. The molecule has 2 unspecified atom stereocenters. The molecule has 2 rings (SSSR count). The summed E-state index contributed by atoms with van der Waals surface area (Å²) in [5.74, 6) is 1.69. The molecule has 0 aliphatic carbocycles. The molecule has 2 heterocycles. The van der Waals surface area contributed by atoms with E-state index in [2.05, 4.69) is 41.1 Å². The van der Waals surface area contributed by atoms with Gasteiger partial charge in [-0.15, -0.1) is 0 Å². The van der Waals surface area contributed by atoms with Gasteiger partial charge in [0.25, 0.3) is 5.95 Å². The standard InChI is InChI=1S/C13H24N4O2/c1-4-11(10(3)14-5-2)12-15-13(16-19-12)17-6-8-18-9-7-17/h10-11,14H,4-9H2,1-3H3. The minimum Gasteiger partial charge on any atom is -0.378 e. The third kappa shape index (κ3) is 3.45. The quantitative estimate of drug-likeness (QED) is 0.841. The number of nitrogens with zero attached hydrogens (tertiary/aromatic N) is 3. The molecule has 1 aromatic rings. The van der Waals surface area contributed by atoms with Crippen LogP contribution < -0.4 is 10.2 Å². The van der Waals surface area contributed by atoms with Crippen LogP contribution in [0, 0.1) is 0 Å². The first-order chi connectivity index (χ1) is 9.26. The lowest BCUT2D eigenvalue weighted by molar-refractivity contribution is 0.121. The topological polar surface area (TPSA) is 63.4 Å². The number of likely N-dealkylation sites (N-methyl/N-ethyl adjacent to an activating group) is 1. The summed E-state index contributed by atoms with van der Waals surface area (Å²) in [6.45, 7) is 10.5. The number of ether oxygens (including phenoxy) is 1. The van der Waals surface area contributed by atoms with Crippen LogP contribution >= 0.6 is 0 Å². The van der Waals surface area contributed by atoms with Crippen molar-refractivity contribution in [3.05, 3.63) is 5.89 Å². The maximum atomic E-state index is 5.45. The van der Waals surface area contributed by atoms with E-state index < -0.39 is 0 Å². The maximum Gasteiger partial charge on any atom is 0.266 e. The van der Waals surface area contributed by atoms with Crippen molar-refractivity contribution in [2.24, 2.45) is 0 Å². The minimum absolute atomic E-state index is 0.266. The molecule has 2 atom stereocenters. The minimum atomic E-state index is 0.266. The Morgan fingerprint density at radius 3 is 2.68 bits per heavy atom. The Hall–Kier alpha value is -1.14. The van der Waals surface area contributed by atoms with E-state index in [1.807, 2.05) is 0 Å². The van der Waals surface area contributed by atoms with Gasteiger partial charge in [-0.25, -0.2) is 0 Å². The number of anilines is 1. The highest BCUT2D eigenvalue weighted by Gasteiger charge is 2.25. The Morgan fingerprint density at radius 1 is 1.32 bits per heavy atom. The van der Waals surface area contributed by atoms with E-state index in [9.17, 15) is 0 Å². The smallest absolute Gasteiger partial charge is 0.266 e. The maximum absolute atomic E-state index is 5.45. The number of hydrogen-bond acceptors (Lipinski definition) is 6. The third-order valence-corrected chi connectivity index (χ3v) is 3.61. The van der Waals surface area contributed by atoms with Gasteiger partial charge in [0.05, 0.1) is 19.1 Å². The molecule has 0 spiro atoms. The summed E-state index contributed by atoms with van der Waals surface area (Å²) in [5, 5.41) is 7.53. The second-order valence-corrected chi connectivity index (χ2v) is 4.89. The SMILES string of the molecule is CCNC(C)C(CC)c1nc(N2CCOCC2)no1. The molecular formula is C13H24N4O2. The van der Waals surface area contributed by atoms with Gasteiger partial charge in [-0.2, -0.15) is 4.98 Å². The van der Waals surface area contributed by atoms with E-state index in [1.165, 1.54) is 0 Å². The van der Waals surface area contributed by atoms with Gasteiger partial charge in [0.1, 0.15) is 0 Å². The van der Waals surface area contributed by atoms with Crippen LogP contribution in [0.2, 0.25) is 0 Å². The average Bonchev–Trinajstić information content (AvgIpc) is 2.90. The molecule has 0 aromatic carbocycles. The fraction of sp³-hybridized carbons (Fsp3) is 0.846. The Kier molecular flexibility index (Phi) is 5.15. The molecule has 1 N–H and O–H groups in total. The van der Waals surface area contributed by atoms with Gasteiger partial charge in [-0.1, -0.05) is 13.8 Å². The molecule has 108 valence electrons. The first-order valence-corrected chi connectivity index (χ1v) is 7.15. The fourth-order valence-corrected chi connectivity index (χ4v) is 2.48. The summed E-state index contributed by atoms with van der Waals surface area (Å²) in [4.78, 5) is 6.67. The molecule has 1 aromatic heterocycles. The molecule has 0 radical (unpaired) electrons. The zero-order valence-corrected chi connectivity index (χ0v) is 12.1. The molecule has 0 amide bonds. The first-order valence-electron chi connectivity index (χ1n) is 7.15. The normalized spacial score (nSPS) is 19.4. The van der Waals surface area contributed by atoms with Crippen molar-refractivity contribution in [2.75, 3.05) is 37.7 Å². The number of hydrogen-bond donors (Lipinski definition) is 1. The highest BCUT2D eigenvalue weighted by Crippen LogP contribution is 2.24. The molecule has 1 aliphatic heterocycles. The molecule has 6 nitrogen and oxygen atoms in total. The molecule has 19 heavy (non-hydrogen) atoms. The van der Waals surface area contributed by atoms with Gasteiger partial charge in [-0.05, 0) is 25.0 Å². The Labute approximate surface area is 114 Å². The number of aromatic nitrogens is 2. The van der Waals surface area contributed by atoms with Crippen molar-refractivity contribution in [3.63, 3.8) is 0 Å². The molecule has 0 bridgehead atoms. The second-order valence-electron chi connectivity index (χ2n) is 4.89. The van der Waals surface area contributed by atoms with Gasteiger partial charge in [0.15, 0.2) is 0 Å². The largest absolute Gasteiger partial charge is 0.378 e. The van der Waals surface area contributed by atoms with Crippen LogP contribution in [0.3, 0.4) is 0 Å². The van der Waals surface area contributed by atoms with Gasteiger partial charge in [-0.3, -0.25) is 0 Å². The van der Waals surface area contributed by atoms with Gasteiger partial charge < -0.3 is 19.5 Å². The highest BCUT2D eigenvalue weighted by molar-refractivity contribution is 5.28. The van der Waals surface area contributed by atoms with Gasteiger partial charge >= 0.3 is 0 Å². The van der Waals surface area contributed by atoms with Gasteiger partial charge in [0.2, 0.25) is 5.89 Å². The van der Waals surface area contributed by atoms with E-state index >= 15 is 0 Å². The molecule has 1 saturated heterocycles. The third-order valence-electron chi connectivity index (χ3n) is 3.61. The average molecular weight is 268 g/mol. The summed E-state index contributed by atoms with van der Waals surface area (Å²) in [7, 11) is 0. The van der Waals surface area contributed by atoms with Crippen molar-refractivity contribution < 1.29 is 9.26 Å². The first kappa shape index (κ1) is 14.3. The van der Waals surface area contributed by atoms with E-state index in [0.29, 0.717) is 12.0 Å². The summed E-state index contributed by atoms with van der Waals surface area (Å²) < 4.78 is 10.8. The lowest BCUT2D eigenvalue weighted by Crippen LogP contribution is -2.37. The monoisotopic (exact) mass is 268 g/mol. The van der Waals surface area contributed by atoms with E-state index in [0.717, 1.165) is 45.2 Å². The zero-order chi connectivity index (χ0) is 13.7. The predicted octanol–water partition coefficient (Wildman–Crippen LogP) is 1.40. The lowest BCUT2D eigenvalue weighted by atomic mass is 9.98. The zero-order valence-electron chi connectivity index (χ0n) is 12.1. The summed E-state index contributed by atoms with van der Waals surface area (Å²) in [6, 6.07) is 0.341. The Bertz CT molecular complexity index is 376. The molecule has 6 heteroatoms. The Morgan fingerprint density at radius 2 is 2.05 bits per heavy atom. The molecule has 0 saturated carbocycles. The Balaban J connectivity index is 2.05. The molecular weight excluding hydrogens is 244 g/mol. The number of rotatable bonds is 6. The molecule has 1 fully saturated rings. The van der Waals surface area contributed by atoms with Crippen LogP contribution in [0.4, 0.5) is 5.95 Å². The number of nitrogens with one attached hydrogen (secondary N) is 1. The van der Waals surface area contributed by atoms with Crippen molar-refractivity contribution in [1.29, 1.82) is 0 Å². The predicted molar refractivity (Wildman–Crippen MR) is 73.5 cm³/mol. The summed E-state index contributed by atoms with van der Waals surface area (Å²) >= 11 is 0. The van der Waals surface area contributed by atoms with Crippen molar-refractivity contribution in [1.82, 2.24) is 15.5 Å². The second kappa shape index (κ2) is 6.86. The number of morpholine rings is 1. The fourth-order valence-electron chi connectivity index (χ4n) is 2.48. The van der Waals surface area contributed by atoms with Crippen LogP contribution in [-0.4, -0.2) is 49.0 Å². The van der Waals surface area contributed by atoms with Crippen molar-refractivity contribution in [3.8, 4) is 0 Å². The van der Waals surface area contributed by atoms with Crippen LogP contribution in [0.25, 0.3) is 0 Å². The van der Waals surface area contributed by atoms with Crippen LogP contribution in [-0.2, 0) is 4.74 Å². The van der Waals surface area contributed by atoms with E-state index in [4.69, 9.17) is 9.26 Å². The van der Waals surface area contributed by atoms with Crippen molar-refractivity contribution in [2.45, 2.75) is 39.2 Å². The van der Waals surface area contributed by atoms with Crippen LogP contribution in [0.15, 0.2) is 4.52 Å². The van der Waals surface area contributed by atoms with Gasteiger partial charge in [0, 0.05) is 19.1 Å². The van der Waals surface area contributed by atoms with Crippen LogP contribution in [0.5, 0.6) is 0 Å². The van der Waals surface area contributed by atoms with E-state index in [1.54, 1.807) is 0 Å². The van der Waals surface area contributed by atoms with Crippen molar-refractivity contribution >= 4 is 5.95 Å². The molecule has 1 aliphatic rings.